The predicted octanol–water partition coefficient (Wildman–Crippen LogP) is 4.08. The van der Waals surface area contributed by atoms with Gasteiger partial charge in [0.1, 0.15) is 6.07 Å². The summed E-state index contributed by atoms with van der Waals surface area (Å²) in [5.74, 6) is -1.41. The number of nitrogens with one attached hydrogen (secondary N) is 2. The molecule has 2 aromatic carbocycles. The second-order valence-electron chi connectivity index (χ2n) is 5.71. The maximum absolute atomic E-state index is 12.3. The lowest BCUT2D eigenvalue weighted by molar-refractivity contribution is -0.122. The molecule has 25 heavy (non-hydrogen) atoms. The highest BCUT2D eigenvalue weighted by molar-refractivity contribution is 6.35. The lowest BCUT2D eigenvalue weighted by Gasteiger charge is -2.08. The Morgan fingerprint density at radius 1 is 1.00 bits per heavy atom. The number of rotatable bonds is 4. The molecular formula is C18H13Cl2N3O2. The van der Waals surface area contributed by atoms with Gasteiger partial charge in [-0.15, -0.1) is 0 Å². The van der Waals surface area contributed by atoms with Crippen molar-refractivity contribution in [2.24, 2.45) is 11.8 Å². The number of carbonyl (C=O) groups excluding carboxylic acids is 2. The first-order valence-corrected chi connectivity index (χ1v) is 8.31. The highest BCUT2D eigenvalue weighted by Crippen LogP contribution is 2.41. The van der Waals surface area contributed by atoms with Gasteiger partial charge in [-0.2, -0.15) is 5.26 Å². The van der Waals surface area contributed by atoms with Crippen LogP contribution in [0, 0.1) is 23.2 Å². The van der Waals surface area contributed by atoms with Crippen LogP contribution in [0.3, 0.4) is 0 Å². The van der Waals surface area contributed by atoms with Crippen LogP contribution in [0.4, 0.5) is 11.4 Å². The average Bonchev–Trinajstić information content (AvgIpc) is 3.39. The highest BCUT2D eigenvalue weighted by atomic mass is 35.5. The van der Waals surface area contributed by atoms with Gasteiger partial charge in [0.15, 0.2) is 0 Å². The fourth-order valence-electron chi connectivity index (χ4n) is 2.51. The summed E-state index contributed by atoms with van der Waals surface area (Å²) in [6.45, 7) is 0. The lowest BCUT2D eigenvalue weighted by atomic mass is 10.2. The molecule has 0 saturated heterocycles. The van der Waals surface area contributed by atoms with E-state index in [9.17, 15) is 9.59 Å². The Morgan fingerprint density at radius 3 is 2.32 bits per heavy atom. The van der Waals surface area contributed by atoms with Gasteiger partial charge in [-0.05, 0) is 36.8 Å². The number of carbonyl (C=O) groups is 2. The zero-order chi connectivity index (χ0) is 18.0. The van der Waals surface area contributed by atoms with Gasteiger partial charge >= 0.3 is 0 Å². The fraction of sp³-hybridized carbons (Fsp3) is 0.167. The quantitative estimate of drug-likeness (QED) is 0.846. The maximum Gasteiger partial charge on any atom is 0.228 e. The number of amides is 2. The SMILES string of the molecule is N#Cc1ccccc1NC(=O)C1CC1C(=O)Nc1cc(Cl)ccc1Cl. The van der Waals surface area contributed by atoms with Crippen molar-refractivity contribution in [1.82, 2.24) is 0 Å². The summed E-state index contributed by atoms with van der Waals surface area (Å²) < 4.78 is 0. The third kappa shape index (κ3) is 3.93. The molecule has 126 valence electrons. The highest BCUT2D eigenvalue weighted by Gasteiger charge is 2.48. The van der Waals surface area contributed by atoms with Crippen molar-refractivity contribution in [1.29, 1.82) is 5.26 Å². The van der Waals surface area contributed by atoms with Crippen molar-refractivity contribution in [2.75, 3.05) is 10.6 Å². The number of halogens is 2. The molecule has 3 rings (SSSR count). The molecule has 2 amide bonds. The van der Waals surface area contributed by atoms with Gasteiger partial charge in [0.05, 0.1) is 33.8 Å². The molecule has 0 heterocycles. The molecule has 2 atom stereocenters. The molecule has 0 radical (unpaired) electrons. The second kappa shape index (κ2) is 7.14. The largest absolute Gasteiger partial charge is 0.325 e. The molecule has 2 aromatic rings. The van der Waals surface area contributed by atoms with Gasteiger partial charge in [-0.25, -0.2) is 0 Å². The van der Waals surface area contributed by atoms with Gasteiger partial charge in [0.25, 0.3) is 0 Å². The van der Waals surface area contributed by atoms with E-state index in [-0.39, 0.29) is 11.8 Å². The van der Waals surface area contributed by atoms with E-state index in [1.807, 2.05) is 6.07 Å². The van der Waals surface area contributed by atoms with E-state index in [0.717, 1.165) is 0 Å². The number of hydrogen-bond acceptors (Lipinski definition) is 3. The monoisotopic (exact) mass is 373 g/mol. The van der Waals surface area contributed by atoms with Crippen LogP contribution < -0.4 is 10.6 Å². The zero-order valence-corrected chi connectivity index (χ0v) is 14.4. The fourth-order valence-corrected chi connectivity index (χ4v) is 2.85. The summed E-state index contributed by atoms with van der Waals surface area (Å²) in [5, 5.41) is 15.3. The van der Waals surface area contributed by atoms with E-state index in [1.54, 1.807) is 42.5 Å². The molecule has 1 aliphatic rings. The Kier molecular flexibility index (Phi) is 4.93. The summed E-state index contributed by atoms with van der Waals surface area (Å²) in [6.07, 6.45) is 0.449. The Labute approximate surface area is 154 Å². The van der Waals surface area contributed by atoms with E-state index in [4.69, 9.17) is 28.5 Å². The minimum atomic E-state index is -0.427. The molecule has 0 aromatic heterocycles. The van der Waals surface area contributed by atoms with Gasteiger partial charge in [-0.1, -0.05) is 35.3 Å². The van der Waals surface area contributed by atoms with E-state index >= 15 is 0 Å². The van der Waals surface area contributed by atoms with E-state index < -0.39 is 11.8 Å². The van der Waals surface area contributed by atoms with Crippen molar-refractivity contribution >= 4 is 46.4 Å². The lowest BCUT2D eigenvalue weighted by Crippen LogP contribution is -2.21. The predicted molar refractivity (Wildman–Crippen MR) is 96.5 cm³/mol. The number of nitrogens with zero attached hydrogens (tertiary/aromatic N) is 1. The summed E-state index contributed by atoms with van der Waals surface area (Å²) in [5.41, 5.74) is 1.24. The van der Waals surface area contributed by atoms with Crippen LogP contribution in [0.15, 0.2) is 42.5 Å². The van der Waals surface area contributed by atoms with Gasteiger partial charge in [-0.3, -0.25) is 9.59 Å². The van der Waals surface area contributed by atoms with Gasteiger partial charge in [0, 0.05) is 5.02 Å². The first-order valence-electron chi connectivity index (χ1n) is 7.55. The van der Waals surface area contributed by atoms with Crippen LogP contribution in [-0.4, -0.2) is 11.8 Å². The number of benzene rings is 2. The van der Waals surface area contributed by atoms with Crippen LogP contribution in [-0.2, 0) is 9.59 Å². The first-order chi connectivity index (χ1) is 12.0. The van der Waals surface area contributed by atoms with Crippen LogP contribution in [0.2, 0.25) is 10.0 Å². The molecule has 5 nitrogen and oxygen atoms in total. The summed E-state index contributed by atoms with van der Waals surface area (Å²) >= 11 is 11.9. The minimum Gasteiger partial charge on any atom is -0.325 e. The van der Waals surface area contributed by atoms with Gasteiger partial charge in [0.2, 0.25) is 11.8 Å². The Balaban J connectivity index is 1.62. The summed E-state index contributed by atoms with van der Waals surface area (Å²) in [6, 6.07) is 13.5. The molecule has 0 aliphatic heterocycles. The second-order valence-corrected chi connectivity index (χ2v) is 6.55. The van der Waals surface area contributed by atoms with E-state index in [2.05, 4.69) is 10.6 Å². The smallest absolute Gasteiger partial charge is 0.228 e. The van der Waals surface area contributed by atoms with Crippen molar-refractivity contribution in [2.45, 2.75) is 6.42 Å². The molecule has 7 heteroatoms. The molecule has 1 aliphatic carbocycles. The number of anilines is 2. The van der Waals surface area contributed by atoms with Crippen molar-refractivity contribution < 1.29 is 9.59 Å². The zero-order valence-electron chi connectivity index (χ0n) is 12.9. The standard InChI is InChI=1S/C18H13Cl2N3O2/c19-11-5-6-14(20)16(7-11)23-18(25)13-8-12(13)17(24)22-15-4-2-1-3-10(15)9-21/h1-7,12-13H,8H2,(H,22,24)(H,23,25). The topological polar surface area (TPSA) is 82.0 Å². The normalized spacial score (nSPS) is 18.1. The third-order valence-electron chi connectivity index (χ3n) is 3.96. The van der Waals surface area contributed by atoms with Gasteiger partial charge < -0.3 is 10.6 Å². The van der Waals surface area contributed by atoms with E-state index in [1.165, 1.54) is 0 Å². The number of para-hydroxylation sites is 1. The van der Waals surface area contributed by atoms with Crippen molar-refractivity contribution in [3.05, 3.63) is 58.1 Å². The van der Waals surface area contributed by atoms with Crippen LogP contribution >= 0.6 is 23.2 Å². The van der Waals surface area contributed by atoms with Crippen molar-refractivity contribution in [3.63, 3.8) is 0 Å². The molecule has 2 N–H and O–H groups in total. The Bertz CT molecular complexity index is 892. The molecule has 0 bridgehead atoms. The van der Waals surface area contributed by atoms with Crippen LogP contribution in [0.5, 0.6) is 0 Å². The Morgan fingerprint density at radius 2 is 1.64 bits per heavy atom. The molecule has 2 unspecified atom stereocenters. The number of nitriles is 1. The molecule has 0 spiro atoms. The van der Waals surface area contributed by atoms with Crippen LogP contribution in [0.1, 0.15) is 12.0 Å². The molecule has 1 saturated carbocycles. The Hall–Kier alpha value is -2.55. The van der Waals surface area contributed by atoms with Crippen LogP contribution in [0.25, 0.3) is 0 Å². The minimum absolute atomic E-state index is 0.278. The first kappa shape index (κ1) is 17.3. The maximum atomic E-state index is 12.3. The summed E-state index contributed by atoms with van der Waals surface area (Å²) in [4.78, 5) is 24.6. The number of hydrogen-bond donors (Lipinski definition) is 2. The van der Waals surface area contributed by atoms with Crippen molar-refractivity contribution in [3.8, 4) is 6.07 Å². The average molecular weight is 374 g/mol. The third-order valence-corrected chi connectivity index (χ3v) is 4.52. The molecular weight excluding hydrogens is 361 g/mol. The summed E-state index contributed by atoms with van der Waals surface area (Å²) in [7, 11) is 0. The molecule has 1 fully saturated rings. The van der Waals surface area contributed by atoms with E-state index in [0.29, 0.717) is 33.4 Å².